The molecule has 1 aromatic heterocycles. The Morgan fingerprint density at radius 1 is 1.12 bits per heavy atom. The molecule has 0 amide bonds. The van der Waals surface area contributed by atoms with Gasteiger partial charge in [0.15, 0.2) is 5.82 Å². The summed E-state index contributed by atoms with van der Waals surface area (Å²) in [5.74, 6) is 1.46. The molecule has 24 heavy (non-hydrogen) atoms. The van der Waals surface area contributed by atoms with Gasteiger partial charge in [0, 0.05) is 39.3 Å². The fourth-order valence-corrected chi connectivity index (χ4v) is 4.29. The summed E-state index contributed by atoms with van der Waals surface area (Å²) in [5, 5.41) is 12.4. The van der Waals surface area contributed by atoms with Crippen molar-refractivity contribution in [2.75, 3.05) is 39.9 Å². The van der Waals surface area contributed by atoms with E-state index in [1.165, 1.54) is 38.8 Å². The molecule has 1 atom stereocenters. The van der Waals surface area contributed by atoms with Crippen LogP contribution in [0, 0.1) is 5.92 Å². The molecular weight excluding hydrogens is 304 g/mol. The van der Waals surface area contributed by atoms with Crippen molar-refractivity contribution in [1.82, 2.24) is 30.0 Å². The van der Waals surface area contributed by atoms with Gasteiger partial charge in [0.2, 0.25) is 0 Å². The van der Waals surface area contributed by atoms with Gasteiger partial charge in [-0.3, -0.25) is 9.80 Å². The highest BCUT2D eigenvalue weighted by molar-refractivity contribution is 4.97. The molecule has 2 fully saturated rings. The average molecular weight is 336 g/mol. The number of rotatable bonds is 7. The average Bonchev–Trinajstić information content (AvgIpc) is 3.25. The second-order valence-electron chi connectivity index (χ2n) is 7.45. The fourth-order valence-electron chi connectivity index (χ4n) is 4.29. The highest BCUT2D eigenvalue weighted by Crippen LogP contribution is 2.30. The number of hydrogen-bond acceptors (Lipinski definition) is 6. The number of methoxy groups -OCH3 is 1. The quantitative estimate of drug-likeness (QED) is 0.753. The Balaban J connectivity index is 1.65. The molecular formula is C17H32N6O. The Bertz CT molecular complexity index is 491. The molecule has 136 valence electrons. The summed E-state index contributed by atoms with van der Waals surface area (Å²) < 4.78 is 7.10. The Labute approximate surface area is 145 Å². The molecule has 7 heteroatoms. The summed E-state index contributed by atoms with van der Waals surface area (Å²) in [4.78, 5) is 5.28. The Kier molecular flexibility index (Phi) is 6.19. The minimum Gasteiger partial charge on any atom is -0.383 e. The van der Waals surface area contributed by atoms with Crippen LogP contribution in [0.1, 0.15) is 51.4 Å². The van der Waals surface area contributed by atoms with E-state index in [0.29, 0.717) is 19.1 Å². The van der Waals surface area contributed by atoms with E-state index in [4.69, 9.17) is 4.74 Å². The van der Waals surface area contributed by atoms with Crippen LogP contribution in [0.3, 0.4) is 0 Å². The number of tetrazole rings is 1. The van der Waals surface area contributed by atoms with E-state index in [0.717, 1.165) is 25.0 Å². The first-order valence-electron chi connectivity index (χ1n) is 9.43. The van der Waals surface area contributed by atoms with Crippen LogP contribution in [-0.4, -0.2) is 75.9 Å². The lowest BCUT2D eigenvalue weighted by molar-refractivity contribution is 0.0492. The van der Waals surface area contributed by atoms with Crippen molar-refractivity contribution in [2.24, 2.45) is 5.92 Å². The number of ether oxygens (including phenoxy) is 1. The molecule has 0 unspecified atom stereocenters. The summed E-state index contributed by atoms with van der Waals surface area (Å²) >= 11 is 0. The maximum Gasteiger partial charge on any atom is 0.168 e. The van der Waals surface area contributed by atoms with Gasteiger partial charge in [-0.25, -0.2) is 4.68 Å². The van der Waals surface area contributed by atoms with Gasteiger partial charge in [0.25, 0.3) is 0 Å². The summed E-state index contributed by atoms with van der Waals surface area (Å²) in [6.07, 6.45) is 5.60. The van der Waals surface area contributed by atoms with E-state index in [9.17, 15) is 0 Å². The molecule has 3 rings (SSSR count). The van der Waals surface area contributed by atoms with Crippen LogP contribution in [0.15, 0.2) is 0 Å². The minimum atomic E-state index is 0.280. The number of piperazine rings is 1. The monoisotopic (exact) mass is 336 g/mol. The zero-order chi connectivity index (χ0) is 16.9. The van der Waals surface area contributed by atoms with Gasteiger partial charge in [-0.05, 0) is 29.2 Å². The van der Waals surface area contributed by atoms with Crippen molar-refractivity contribution in [3.8, 4) is 0 Å². The topological polar surface area (TPSA) is 59.3 Å². The molecule has 0 radical (unpaired) electrons. The van der Waals surface area contributed by atoms with E-state index < -0.39 is 0 Å². The molecule has 1 aliphatic carbocycles. The molecule has 0 aromatic carbocycles. The van der Waals surface area contributed by atoms with Crippen LogP contribution in [-0.2, 0) is 11.3 Å². The van der Waals surface area contributed by atoms with Crippen molar-refractivity contribution in [3.05, 3.63) is 5.82 Å². The number of aromatic nitrogens is 4. The third-order valence-electron chi connectivity index (χ3n) is 5.55. The van der Waals surface area contributed by atoms with Crippen molar-refractivity contribution in [2.45, 2.75) is 58.2 Å². The van der Waals surface area contributed by atoms with Gasteiger partial charge in [-0.1, -0.05) is 26.7 Å². The van der Waals surface area contributed by atoms with Crippen LogP contribution in [0.5, 0.6) is 0 Å². The molecule has 1 saturated heterocycles. The molecule has 2 heterocycles. The maximum absolute atomic E-state index is 5.19. The predicted octanol–water partition coefficient (Wildman–Crippen LogP) is 1.58. The van der Waals surface area contributed by atoms with Crippen LogP contribution < -0.4 is 0 Å². The van der Waals surface area contributed by atoms with Crippen molar-refractivity contribution >= 4 is 0 Å². The predicted molar refractivity (Wildman–Crippen MR) is 92.7 cm³/mol. The molecule has 1 saturated carbocycles. The van der Waals surface area contributed by atoms with E-state index in [-0.39, 0.29) is 6.04 Å². The molecule has 0 spiro atoms. The lowest BCUT2D eigenvalue weighted by Crippen LogP contribution is -2.51. The lowest BCUT2D eigenvalue weighted by Gasteiger charge is -2.42. The number of nitrogens with zero attached hydrogens (tertiary/aromatic N) is 6. The van der Waals surface area contributed by atoms with Gasteiger partial charge < -0.3 is 4.74 Å². The Hall–Kier alpha value is -1.05. The second kappa shape index (κ2) is 8.36. The molecule has 0 N–H and O–H groups in total. The first-order valence-corrected chi connectivity index (χ1v) is 9.43. The normalized spacial score (nSPS) is 22.5. The summed E-state index contributed by atoms with van der Waals surface area (Å²) in [5.41, 5.74) is 0. The van der Waals surface area contributed by atoms with Crippen LogP contribution in [0.2, 0.25) is 0 Å². The zero-order valence-corrected chi connectivity index (χ0v) is 15.4. The van der Waals surface area contributed by atoms with Crippen LogP contribution >= 0.6 is 0 Å². The molecule has 7 nitrogen and oxygen atoms in total. The molecule has 2 aliphatic rings. The van der Waals surface area contributed by atoms with E-state index >= 15 is 0 Å². The second-order valence-corrected chi connectivity index (χ2v) is 7.45. The fraction of sp³-hybridized carbons (Fsp3) is 0.941. The van der Waals surface area contributed by atoms with Gasteiger partial charge in [0.1, 0.15) is 0 Å². The number of hydrogen-bond donors (Lipinski definition) is 0. The first kappa shape index (κ1) is 17.8. The third kappa shape index (κ3) is 3.95. The zero-order valence-electron chi connectivity index (χ0n) is 15.4. The van der Waals surface area contributed by atoms with E-state index in [1.54, 1.807) is 7.11 Å². The SMILES string of the molecule is COCCn1nnnc1[C@@H](C(C)C)N1CCN(C2CCCC2)CC1. The highest BCUT2D eigenvalue weighted by Gasteiger charge is 2.33. The highest BCUT2D eigenvalue weighted by atomic mass is 16.5. The van der Waals surface area contributed by atoms with E-state index in [1.807, 2.05) is 4.68 Å². The van der Waals surface area contributed by atoms with Crippen molar-refractivity contribution in [3.63, 3.8) is 0 Å². The van der Waals surface area contributed by atoms with Crippen LogP contribution in [0.25, 0.3) is 0 Å². The van der Waals surface area contributed by atoms with Crippen LogP contribution in [0.4, 0.5) is 0 Å². The van der Waals surface area contributed by atoms with Crippen molar-refractivity contribution in [1.29, 1.82) is 0 Å². The summed E-state index contributed by atoms with van der Waals surface area (Å²) in [6.45, 7) is 10.4. The third-order valence-corrected chi connectivity index (χ3v) is 5.55. The van der Waals surface area contributed by atoms with Gasteiger partial charge >= 0.3 is 0 Å². The lowest BCUT2D eigenvalue weighted by atomic mass is 10.00. The Morgan fingerprint density at radius 3 is 2.46 bits per heavy atom. The summed E-state index contributed by atoms with van der Waals surface area (Å²) in [6, 6.07) is 1.11. The standard InChI is InChI=1S/C17H32N6O/c1-14(2)16(17-18-19-20-23(17)12-13-24-3)22-10-8-21(9-11-22)15-6-4-5-7-15/h14-16H,4-13H2,1-3H3/t16-/m1/s1. The smallest absolute Gasteiger partial charge is 0.168 e. The Morgan fingerprint density at radius 2 is 1.83 bits per heavy atom. The molecule has 1 aliphatic heterocycles. The first-order chi connectivity index (χ1) is 11.7. The minimum absolute atomic E-state index is 0.280. The van der Waals surface area contributed by atoms with Gasteiger partial charge in [-0.15, -0.1) is 5.10 Å². The van der Waals surface area contributed by atoms with Gasteiger partial charge in [-0.2, -0.15) is 0 Å². The van der Waals surface area contributed by atoms with Gasteiger partial charge in [0.05, 0.1) is 19.2 Å². The molecule has 0 bridgehead atoms. The molecule has 1 aromatic rings. The summed E-state index contributed by atoms with van der Waals surface area (Å²) in [7, 11) is 1.71. The van der Waals surface area contributed by atoms with Crippen molar-refractivity contribution < 1.29 is 4.74 Å². The van der Waals surface area contributed by atoms with E-state index in [2.05, 4.69) is 39.2 Å². The largest absolute Gasteiger partial charge is 0.383 e. The maximum atomic E-state index is 5.19.